The first-order chi connectivity index (χ1) is 10.2. The van der Waals surface area contributed by atoms with E-state index in [0.717, 1.165) is 17.7 Å². The first kappa shape index (κ1) is 17.8. The molecule has 1 N–H and O–H groups in total. The van der Waals surface area contributed by atoms with Crippen molar-refractivity contribution in [2.45, 2.75) is 51.8 Å². The fourth-order valence-electron chi connectivity index (χ4n) is 2.24. The van der Waals surface area contributed by atoms with Crippen LogP contribution in [0.5, 0.6) is 0 Å². The molecule has 0 aromatic carbocycles. The number of ether oxygens (including phenoxy) is 1. The molecule has 0 bridgehead atoms. The van der Waals surface area contributed by atoms with E-state index in [-0.39, 0.29) is 6.09 Å². The highest BCUT2D eigenvalue weighted by atomic mass is 35.5. The number of carbonyl (C=O) groups is 1. The number of halogens is 2. The van der Waals surface area contributed by atoms with E-state index >= 15 is 0 Å². The molecule has 124 valence electrons. The Labute approximate surface area is 144 Å². The van der Waals surface area contributed by atoms with Gasteiger partial charge in [0.05, 0.1) is 4.88 Å². The Hall–Kier alpha value is -0.560. The molecule has 2 heterocycles. The molecule has 2 rings (SSSR count). The molecule has 0 saturated carbocycles. The molecule has 1 saturated heterocycles. The van der Waals surface area contributed by atoms with Gasteiger partial charge in [-0.2, -0.15) is 0 Å². The molecule has 1 fully saturated rings. The Kier molecular flexibility index (Phi) is 5.94. The lowest BCUT2D eigenvalue weighted by Gasteiger charge is -2.33. The quantitative estimate of drug-likeness (QED) is 0.881. The highest BCUT2D eigenvalue weighted by molar-refractivity contribution is 7.16. The Morgan fingerprint density at radius 1 is 1.41 bits per heavy atom. The minimum atomic E-state index is -0.450. The van der Waals surface area contributed by atoms with E-state index in [0.29, 0.717) is 35.3 Å². The van der Waals surface area contributed by atoms with Crippen molar-refractivity contribution >= 4 is 40.6 Å². The molecule has 1 aliphatic rings. The lowest BCUT2D eigenvalue weighted by molar-refractivity contribution is 0.0198. The zero-order valence-corrected chi connectivity index (χ0v) is 15.3. The molecule has 1 aromatic heterocycles. The number of amides is 1. The van der Waals surface area contributed by atoms with Crippen LogP contribution in [0.4, 0.5) is 4.79 Å². The van der Waals surface area contributed by atoms with Gasteiger partial charge in [-0.1, -0.05) is 23.2 Å². The Bertz CT molecular complexity index is 523. The molecule has 1 amide bonds. The molecular weight excluding hydrogens is 345 g/mol. The maximum absolute atomic E-state index is 12.0. The summed E-state index contributed by atoms with van der Waals surface area (Å²) in [6.45, 7) is 7.68. The molecular formula is C14H21Cl2N3O2S. The Morgan fingerprint density at radius 2 is 2.05 bits per heavy atom. The van der Waals surface area contributed by atoms with Crippen LogP contribution in [0.1, 0.15) is 38.5 Å². The molecule has 22 heavy (non-hydrogen) atoms. The summed E-state index contributed by atoms with van der Waals surface area (Å²) >= 11 is 13.2. The topological polar surface area (TPSA) is 54.5 Å². The second kappa shape index (κ2) is 7.34. The Balaban J connectivity index is 1.75. The van der Waals surface area contributed by atoms with Crippen LogP contribution in [-0.2, 0) is 11.3 Å². The van der Waals surface area contributed by atoms with E-state index < -0.39 is 5.60 Å². The van der Waals surface area contributed by atoms with Crippen molar-refractivity contribution < 1.29 is 9.53 Å². The van der Waals surface area contributed by atoms with Crippen LogP contribution in [-0.4, -0.2) is 40.7 Å². The molecule has 0 spiro atoms. The van der Waals surface area contributed by atoms with E-state index in [2.05, 4.69) is 10.3 Å². The summed E-state index contributed by atoms with van der Waals surface area (Å²) in [5.41, 5.74) is -0.450. The third-order valence-corrected chi connectivity index (χ3v) is 4.91. The van der Waals surface area contributed by atoms with Crippen molar-refractivity contribution in [1.82, 2.24) is 15.2 Å². The van der Waals surface area contributed by atoms with Crippen molar-refractivity contribution in [3.63, 3.8) is 0 Å². The van der Waals surface area contributed by atoms with Gasteiger partial charge in [-0.25, -0.2) is 9.78 Å². The number of nitrogens with one attached hydrogen (secondary N) is 1. The van der Waals surface area contributed by atoms with Gasteiger partial charge in [-0.05, 0) is 33.6 Å². The van der Waals surface area contributed by atoms with Gasteiger partial charge in [0, 0.05) is 25.7 Å². The number of thiazole rings is 1. The summed E-state index contributed by atoms with van der Waals surface area (Å²) in [7, 11) is 0. The summed E-state index contributed by atoms with van der Waals surface area (Å²) < 4.78 is 5.85. The summed E-state index contributed by atoms with van der Waals surface area (Å²) in [4.78, 5) is 18.7. The highest BCUT2D eigenvalue weighted by Crippen LogP contribution is 2.26. The highest BCUT2D eigenvalue weighted by Gasteiger charge is 2.26. The smallest absolute Gasteiger partial charge is 0.410 e. The van der Waals surface area contributed by atoms with Crippen molar-refractivity contribution in [2.75, 3.05) is 13.1 Å². The molecule has 5 nitrogen and oxygen atoms in total. The van der Waals surface area contributed by atoms with E-state index in [9.17, 15) is 4.79 Å². The number of aromatic nitrogens is 1. The number of hydrogen-bond donors (Lipinski definition) is 1. The number of piperidine rings is 1. The van der Waals surface area contributed by atoms with Crippen LogP contribution >= 0.6 is 34.5 Å². The maximum Gasteiger partial charge on any atom is 0.410 e. The van der Waals surface area contributed by atoms with Crippen molar-refractivity contribution in [3.05, 3.63) is 14.5 Å². The summed E-state index contributed by atoms with van der Waals surface area (Å²) in [5.74, 6) is 0. The summed E-state index contributed by atoms with van der Waals surface area (Å²) in [6.07, 6.45) is 1.55. The van der Waals surface area contributed by atoms with E-state index in [1.807, 2.05) is 20.8 Å². The number of likely N-dealkylation sites (tertiary alicyclic amines) is 1. The predicted octanol–water partition coefficient (Wildman–Crippen LogP) is 3.94. The second-order valence-electron chi connectivity index (χ2n) is 6.30. The van der Waals surface area contributed by atoms with Crippen LogP contribution in [0.15, 0.2) is 0 Å². The molecule has 1 aliphatic heterocycles. The van der Waals surface area contributed by atoms with Crippen LogP contribution in [0.2, 0.25) is 9.62 Å². The van der Waals surface area contributed by atoms with Crippen LogP contribution in [0.3, 0.4) is 0 Å². The van der Waals surface area contributed by atoms with Crippen LogP contribution in [0, 0.1) is 0 Å². The predicted molar refractivity (Wildman–Crippen MR) is 89.8 cm³/mol. The van der Waals surface area contributed by atoms with Gasteiger partial charge in [0.2, 0.25) is 0 Å². The minimum absolute atomic E-state index is 0.233. The molecule has 0 aliphatic carbocycles. The van der Waals surface area contributed by atoms with Gasteiger partial charge >= 0.3 is 6.09 Å². The zero-order valence-electron chi connectivity index (χ0n) is 13.0. The molecule has 0 unspecified atom stereocenters. The SMILES string of the molecule is CC(C)(C)OC(=O)N1CCC(NCc2sc(Cl)nc2Cl)CC1. The first-order valence-corrected chi connectivity index (χ1v) is 8.84. The second-order valence-corrected chi connectivity index (χ2v) is 8.33. The molecule has 0 radical (unpaired) electrons. The molecule has 0 atom stereocenters. The van der Waals surface area contributed by atoms with Crippen molar-refractivity contribution in [2.24, 2.45) is 0 Å². The van der Waals surface area contributed by atoms with E-state index in [1.165, 1.54) is 11.3 Å². The number of carbonyl (C=O) groups excluding carboxylic acids is 1. The lowest BCUT2D eigenvalue weighted by atomic mass is 10.1. The van der Waals surface area contributed by atoms with Crippen LogP contribution in [0.25, 0.3) is 0 Å². The lowest BCUT2D eigenvalue weighted by Crippen LogP contribution is -2.46. The Morgan fingerprint density at radius 3 is 2.55 bits per heavy atom. The number of rotatable bonds is 3. The summed E-state index contributed by atoms with van der Waals surface area (Å²) in [5, 5.41) is 3.91. The van der Waals surface area contributed by atoms with Crippen molar-refractivity contribution in [1.29, 1.82) is 0 Å². The van der Waals surface area contributed by atoms with Gasteiger partial charge in [-0.15, -0.1) is 11.3 Å². The maximum atomic E-state index is 12.0. The van der Waals surface area contributed by atoms with E-state index in [4.69, 9.17) is 27.9 Å². The minimum Gasteiger partial charge on any atom is -0.444 e. The molecule has 1 aromatic rings. The average Bonchev–Trinajstić information content (AvgIpc) is 2.73. The largest absolute Gasteiger partial charge is 0.444 e. The fraction of sp³-hybridized carbons (Fsp3) is 0.714. The van der Waals surface area contributed by atoms with Gasteiger partial charge in [0.15, 0.2) is 4.47 Å². The first-order valence-electron chi connectivity index (χ1n) is 7.26. The van der Waals surface area contributed by atoms with E-state index in [1.54, 1.807) is 4.90 Å². The standard InChI is InChI=1S/C14H21Cl2N3O2S/c1-14(2,3)21-13(20)19-6-4-9(5-7-19)17-8-10-11(15)18-12(16)22-10/h9,17H,4-8H2,1-3H3. The van der Waals surface area contributed by atoms with Gasteiger partial charge in [0.25, 0.3) is 0 Å². The van der Waals surface area contributed by atoms with Gasteiger partial charge in [-0.3, -0.25) is 0 Å². The zero-order chi connectivity index (χ0) is 16.3. The van der Waals surface area contributed by atoms with Gasteiger partial charge < -0.3 is 15.0 Å². The van der Waals surface area contributed by atoms with Crippen molar-refractivity contribution in [3.8, 4) is 0 Å². The fourth-order valence-corrected chi connectivity index (χ4v) is 3.59. The van der Waals surface area contributed by atoms with Gasteiger partial charge in [0.1, 0.15) is 10.8 Å². The normalized spacial score (nSPS) is 16.9. The molecule has 8 heteroatoms. The number of hydrogen-bond acceptors (Lipinski definition) is 5. The van der Waals surface area contributed by atoms with Crippen LogP contribution < -0.4 is 5.32 Å². The third kappa shape index (κ3) is 5.26. The number of nitrogens with zero attached hydrogens (tertiary/aromatic N) is 2. The average molecular weight is 366 g/mol. The monoisotopic (exact) mass is 365 g/mol. The summed E-state index contributed by atoms with van der Waals surface area (Å²) in [6, 6.07) is 0.357. The third-order valence-electron chi connectivity index (χ3n) is 3.32.